The normalized spacial score (nSPS) is 20.9. The summed E-state index contributed by atoms with van der Waals surface area (Å²) in [7, 11) is 0. The third-order valence-corrected chi connectivity index (χ3v) is 4.48. The monoisotopic (exact) mass is 311 g/mol. The molecule has 1 aromatic heterocycles. The molecule has 0 saturated heterocycles. The Bertz CT molecular complexity index is 677. The summed E-state index contributed by atoms with van der Waals surface area (Å²) in [5, 5.41) is 2.97. The van der Waals surface area contributed by atoms with Crippen LogP contribution in [0.2, 0.25) is 0 Å². The SMILES string of the molecule is NC(=O)C1CCCCC1NC(=O)c1ccc(-n2cccc2)cc1. The summed E-state index contributed by atoms with van der Waals surface area (Å²) in [6, 6.07) is 11.2. The highest BCUT2D eigenvalue weighted by molar-refractivity contribution is 5.95. The first-order valence-corrected chi connectivity index (χ1v) is 7.99. The number of hydrogen-bond donors (Lipinski definition) is 2. The van der Waals surface area contributed by atoms with Gasteiger partial charge in [0.15, 0.2) is 0 Å². The topological polar surface area (TPSA) is 77.1 Å². The van der Waals surface area contributed by atoms with Gasteiger partial charge in [-0.2, -0.15) is 0 Å². The minimum atomic E-state index is -0.321. The fourth-order valence-electron chi connectivity index (χ4n) is 3.19. The number of nitrogens with two attached hydrogens (primary N) is 1. The van der Waals surface area contributed by atoms with Crippen molar-refractivity contribution in [3.63, 3.8) is 0 Å². The second-order valence-corrected chi connectivity index (χ2v) is 6.01. The molecule has 3 N–H and O–H groups in total. The molecule has 5 nitrogen and oxygen atoms in total. The molecule has 1 fully saturated rings. The maximum Gasteiger partial charge on any atom is 0.251 e. The minimum Gasteiger partial charge on any atom is -0.369 e. The summed E-state index contributed by atoms with van der Waals surface area (Å²) in [5.41, 5.74) is 7.04. The average Bonchev–Trinajstić information content (AvgIpc) is 3.10. The molecule has 1 aromatic carbocycles. The van der Waals surface area contributed by atoms with Gasteiger partial charge in [0.2, 0.25) is 5.91 Å². The number of amides is 2. The lowest BCUT2D eigenvalue weighted by atomic mass is 9.84. The van der Waals surface area contributed by atoms with Crippen molar-refractivity contribution in [1.82, 2.24) is 9.88 Å². The van der Waals surface area contributed by atoms with Gasteiger partial charge in [0.25, 0.3) is 5.91 Å². The van der Waals surface area contributed by atoms with Crippen molar-refractivity contribution < 1.29 is 9.59 Å². The summed E-state index contributed by atoms with van der Waals surface area (Å²) >= 11 is 0. The molecule has 2 atom stereocenters. The number of nitrogens with one attached hydrogen (secondary N) is 1. The highest BCUT2D eigenvalue weighted by atomic mass is 16.2. The van der Waals surface area contributed by atoms with Gasteiger partial charge in [-0.1, -0.05) is 12.8 Å². The van der Waals surface area contributed by atoms with Gasteiger partial charge in [-0.3, -0.25) is 9.59 Å². The largest absolute Gasteiger partial charge is 0.369 e. The van der Waals surface area contributed by atoms with Crippen LogP contribution in [0.15, 0.2) is 48.8 Å². The fraction of sp³-hybridized carbons (Fsp3) is 0.333. The van der Waals surface area contributed by atoms with Gasteiger partial charge in [-0.05, 0) is 49.2 Å². The van der Waals surface area contributed by atoms with E-state index in [4.69, 9.17) is 5.73 Å². The van der Waals surface area contributed by atoms with E-state index in [-0.39, 0.29) is 23.8 Å². The Morgan fingerprint density at radius 2 is 1.70 bits per heavy atom. The van der Waals surface area contributed by atoms with Gasteiger partial charge < -0.3 is 15.6 Å². The van der Waals surface area contributed by atoms with E-state index in [1.165, 1.54) is 0 Å². The summed E-state index contributed by atoms with van der Waals surface area (Å²) in [5.74, 6) is -0.730. The number of rotatable bonds is 4. The van der Waals surface area contributed by atoms with E-state index in [1.807, 2.05) is 41.2 Å². The standard InChI is InChI=1S/C18H21N3O2/c19-17(22)15-5-1-2-6-16(15)20-18(23)13-7-9-14(10-8-13)21-11-3-4-12-21/h3-4,7-12,15-16H,1-2,5-6H2,(H2,19,22)(H,20,23). The predicted molar refractivity (Wildman–Crippen MR) is 88.2 cm³/mol. The molecule has 5 heteroatoms. The van der Waals surface area contributed by atoms with Crippen molar-refractivity contribution in [2.75, 3.05) is 0 Å². The zero-order chi connectivity index (χ0) is 16.2. The number of benzene rings is 1. The van der Waals surface area contributed by atoms with E-state index in [0.717, 1.165) is 31.4 Å². The molecule has 2 amide bonds. The van der Waals surface area contributed by atoms with Gasteiger partial charge in [-0.25, -0.2) is 0 Å². The molecular formula is C18H21N3O2. The first-order chi connectivity index (χ1) is 11.1. The van der Waals surface area contributed by atoms with Gasteiger partial charge >= 0.3 is 0 Å². The van der Waals surface area contributed by atoms with E-state index in [1.54, 1.807) is 12.1 Å². The molecule has 2 unspecified atom stereocenters. The lowest BCUT2D eigenvalue weighted by Crippen LogP contribution is -2.47. The van der Waals surface area contributed by atoms with Crippen molar-refractivity contribution >= 4 is 11.8 Å². The number of hydrogen-bond acceptors (Lipinski definition) is 2. The molecule has 0 radical (unpaired) electrons. The third-order valence-electron chi connectivity index (χ3n) is 4.48. The van der Waals surface area contributed by atoms with Gasteiger partial charge in [0.1, 0.15) is 0 Å². The lowest BCUT2D eigenvalue weighted by molar-refractivity contribution is -0.123. The number of primary amides is 1. The Balaban J connectivity index is 1.69. The van der Waals surface area contributed by atoms with Gasteiger partial charge in [0.05, 0.1) is 5.92 Å². The number of aromatic nitrogens is 1. The Hall–Kier alpha value is -2.56. The molecular weight excluding hydrogens is 290 g/mol. The Labute approximate surface area is 135 Å². The summed E-state index contributed by atoms with van der Waals surface area (Å²) in [6.07, 6.45) is 7.48. The van der Waals surface area contributed by atoms with Crippen LogP contribution >= 0.6 is 0 Å². The maximum atomic E-state index is 12.4. The molecule has 1 aliphatic carbocycles. The van der Waals surface area contributed by atoms with Gasteiger partial charge in [0, 0.05) is 29.7 Å². The zero-order valence-corrected chi connectivity index (χ0v) is 12.9. The number of nitrogens with zero attached hydrogens (tertiary/aromatic N) is 1. The smallest absolute Gasteiger partial charge is 0.251 e. The van der Waals surface area contributed by atoms with Gasteiger partial charge in [-0.15, -0.1) is 0 Å². The van der Waals surface area contributed by atoms with Crippen molar-refractivity contribution in [3.05, 3.63) is 54.4 Å². The Morgan fingerprint density at radius 3 is 2.35 bits per heavy atom. The van der Waals surface area contributed by atoms with E-state index in [2.05, 4.69) is 5.32 Å². The fourth-order valence-corrected chi connectivity index (χ4v) is 3.19. The second kappa shape index (κ2) is 6.69. The van der Waals surface area contributed by atoms with Crippen LogP contribution in [0.1, 0.15) is 36.0 Å². The zero-order valence-electron chi connectivity index (χ0n) is 12.9. The second-order valence-electron chi connectivity index (χ2n) is 6.01. The quantitative estimate of drug-likeness (QED) is 0.908. The van der Waals surface area contributed by atoms with E-state index in [0.29, 0.717) is 5.56 Å². The summed E-state index contributed by atoms with van der Waals surface area (Å²) < 4.78 is 1.98. The van der Waals surface area contributed by atoms with Crippen LogP contribution in [-0.4, -0.2) is 22.4 Å². The third kappa shape index (κ3) is 3.44. The van der Waals surface area contributed by atoms with Crippen molar-refractivity contribution in [1.29, 1.82) is 0 Å². The lowest BCUT2D eigenvalue weighted by Gasteiger charge is -2.30. The average molecular weight is 311 g/mol. The Morgan fingerprint density at radius 1 is 1.04 bits per heavy atom. The molecule has 0 aliphatic heterocycles. The van der Waals surface area contributed by atoms with Crippen LogP contribution in [0.4, 0.5) is 0 Å². The molecule has 23 heavy (non-hydrogen) atoms. The maximum absolute atomic E-state index is 12.4. The van der Waals surface area contributed by atoms with Crippen LogP contribution in [0.25, 0.3) is 5.69 Å². The van der Waals surface area contributed by atoms with Crippen LogP contribution in [0, 0.1) is 5.92 Å². The summed E-state index contributed by atoms with van der Waals surface area (Å²) in [4.78, 5) is 23.9. The van der Waals surface area contributed by atoms with Crippen molar-refractivity contribution in [2.24, 2.45) is 11.7 Å². The van der Waals surface area contributed by atoms with Crippen molar-refractivity contribution in [3.8, 4) is 5.69 Å². The molecule has 0 spiro atoms. The number of carbonyl (C=O) groups excluding carboxylic acids is 2. The van der Waals surface area contributed by atoms with Crippen LogP contribution < -0.4 is 11.1 Å². The predicted octanol–water partition coefficient (Wildman–Crippen LogP) is 2.25. The minimum absolute atomic E-state index is 0.151. The molecule has 3 rings (SSSR count). The first-order valence-electron chi connectivity index (χ1n) is 7.99. The van der Waals surface area contributed by atoms with E-state index in [9.17, 15) is 9.59 Å². The molecule has 120 valence electrons. The van der Waals surface area contributed by atoms with E-state index < -0.39 is 0 Å². The van der Waals surface area contributed by atoms with Crippen LogP contribution in [-0.2, 0) is 4.79 Å². The molecule has 1 aliphatic rings. The first kappa shape index (κ1) is 15.3. The van der Waals surface area contributed by atoms with Crippen LogP contribution in [0.3, 0.4) is 0 Å². The van der Waals surface area contributed by atoms with Crippen molar-refractivity contribution in [2.45, 2.75) is 31.7 Å². The molecule has 1 heterocycles. The molecule has 0 bridgehead atoms. The highest BCUT2D eigenvalue weighted by Crippen LogP contribution is 2.24. The number of carbonyl (C=O) groups is 2. The Kier molecular flexibility index (Phi) is 4.46. The molecule has 1 saturated carbocycles. The van der Waals surface area contributed by atoms with Crippen LogP contribution in [0.5, 0.6) is 0 Å². The highest BCUT2D eigenvalue weighted by Gasteiger charge is 2.30. The molecule has 2 aromatic rings. The summed E-state index contributed by atoms with van der Waals surface area (Å²) in [6.45, 7) is 0. The van der Waals surface area contributed by atoms with E-state index >= 15 is 0 Å².